The predicted octanol–water partition coefficient (Wildman–Crippen LogP) is 8.36. The maximum atomic E-state index is 11.5. The molecule has 3 aliphatic rings. The number of carbonyl (C=O) groups is 3. The number of hydrogen-bond donors (Lipinski definition) is 3. The van der Waals surface area contributed by atoms with E-state index in [1.165, 1.54) is 11.8 Å². The molecule has 73 heavy (non-hydrogen) atoms. The molecule has 3 aromatic carbocycles. The lowest BCUT2D eigenvalue weighted by atomic mass is 10.3. The van der Waals surface area contributed by atoms with Crippen LogP contribution in [0.25, 0.3) is 0 Å². The molecule has 3 amide bonds. The average Bonchev–Trinajstić information content (AvgIpc) is 3.38. The van der Waals surface area contributed by atoms with Crippen molar-refractivity contribution in [3.8, 4) is 0 Å². The zero-order chi connectivity index (χ0) is 52.2. The molecule has 0 radical (unpaired) electrons. The molecular formula is C48H53BrCl3N15O3S3. The molecule has 3 saturated heterocycles. The minimum atomic E-state index is 0.0874. The summed E-state index contributed by atoms with van der Waals surface area (Å²) in [6.45, 7) is 13.2. The van der Waals surface area contributed by atoms with E-state index in [2.05, 4.69) is 60.5 Å². The Hall–Kier alpha value is -5.49. The molecule has 6 aromatic rings. The van der Waals surface area contributed by atoms with E-state index < -0.39 is 0 Å². The second-order valence-electron chi connectivity index (χ2n) is 16.5. The van der Waals surface area contributed by atoms with Crippen molar-refractivity contribution in [2.75, 3.05) is 110 Å². The molecule has 6 heterocycles. The summed E-state index contributed by atoms with van der Waals surface area (Å²) < 4.78 is 1.04. The number of halogens is 4. The number of piperazine rings is 3. The van der Waals surface area contributed by atoms with Gasteiger partial charge in [-0.2, -0.15) is 15.0 Å². The van der Waals surface area contributed by atoms with Crippen molar-refractivity contribution in [2.45, 2.75) is 50.1 Å². The monoisotopic (exact) mass is 1170 g/mol. The number of amides is 3. The second kappa shape index (κ2) is 26.1. The SMILES string of the molecule is CC(=O)N1CCN(c2nc(N)ncc2Sc2ccc(Br)cc2)CC1.CC(=O)N1CCN(c2nc(N)ncc2Sc2ccc(Cl)cc2)CC1.CC(=O)N1CCN(c2nc(N)ncc2Sc2ccc(Cl)cc2Cl)CC1. The highest BCUT2D eigenvalue weighted by Gasteiger charge is 2.26. The van der Waals surface area contributed by atoms with E-state index in [0.717, 1.165) is 77.5 Å². The lowest BCUT2D eigenvalue weighted by Crippen LogP contribution is -2.48. The Bertz CT molecular complexity index is 2750. The molecule has 25 heteroatoms. The number of anilines is 6. The van der Waals surface area contributed by atoms with Gasteiger partial charge in [-0.3, -0.25) is 14.4 Å². The van der Waals surface area contributed by atoms with E-state index >= 15 is 0 Å². The molecule has 0 aliphatic carbocycles. The van der Waals surface area contributed by atoms with Crippen molar-refractivity contribution in [3.05, 3.63) is 105 Å². The average molecular weight is 1170 g/mol. The highest BCUT2D eigenvalue weighted by atomic mass is 79.9. The first-order chi connectivity index (χ1) is 35.0. The molecule has 0 atom stereocenters. The van der Waals surface area contributed by atoms with Gasteiger partial charge in [0.25, 0.3) is 0 Å². The maximum absolute atomic E-state index is 11.5. The van der Waals surface area contributed by atoms with Crippen LogP contribution in [-0.4, -0.2) is 141 Å². The summed E-state index contributed by atoms with van der Waals surface area (Å²) in [4.78, 5) is 77.8. The van der Waals surface area contributed by atoms with Crippen LogP contribution in [0.1, 0.15) is 20.8 Å². The minimum Gasteiger partial charge on any atom is -0.368 e. The van der Waals surface area contributed by atoms with Crippen LogP contribution in [0.5, 0.6) is 0 Å². The second-order valence-corrected chi connectivity index (χ2v) is 22.0. The first kappa shape index (κ1) is 55.3. The number of nitrogens with two attached hydrogens (primary N) is 3. The fraction of sp³-hybridized carbons (Fsp3) is 0.312. The van der Waals surface area contributed by atoms with Gasteiger partial charge in [0.05, 0.1) is 19.7 Å². The predicted molar refractivity (Wildman–Crippen MR) is 297 cm³/mol. The zero-order valence-electron chi connectivity index (χ0n) is 40.1. The van der Waals surface area contributed by atoms with E-state index in [0.29, 0.717) is 67.4 Å². The van der Waals surface area contributed by atoms with Crippen molar-refractivity contribution in [2.24, 2.45) is 0 Å². The van der Waals surface area contributed by atoms with Gasteiger partial charge in [0, 0.05) is 147 Å². The number of nitrogen functional groups attached to an aromatic ring is 3. The van der Waals surface area contributed by atoms with Gasteiger partial charge < -0.3 is 46.6 Å². The van der Waals surface area contributed by atoms with E-state index in [4.69, 9.17) is 52.0 Å². The van der Waals surface area contributed by atoms with Crippen LogP contribution < -0.4 is 31.9 Å². The molecule has 3 aliphatic heterocycles. The molecule has 0 bridgehead atoms. The number of nitrogens with zero attached hydrogens (tertiary/aromatic N) is 12. The third-order valence-electron chi connectivity index (χ3n) is 11.5. The fourth-order valence-corrected chi connectivity index (χ4v) is 11.3. The smallest absolute Gasteiger partial charge is 0.222 e. The zero-order valence-corrected chi connectivity index (χ0v) is 46.4. The van der Waals surface area contributed by atoms with Crippen molar-refractivity contribution < 1.29 is 14.4 Å². The Morgan fingerprint density at radius 2 is 0.795 bits per heavy atom. The fourth-order valence-electron chi connectivity index (χ4n) is 7.66. The van der Waals surface area contributed by atoms with Crippen molar-refractivity contribution >= 4 is 139 Å². The molecule has 6 N–H and O–H groups in total. The number of aromatic nitrogens is 6. The molecule has 0 spiro atoms. The molecule has 0 unspecified atom stereocenters. The van der Waals surface area contributed by atoms with Gasteiger partial charge in [-0.25, -0.2) is 15.0 Å². The lowest BCUT2D eigenvalue weighted by molar-refractivity contribution is -0.129. The highest BCUT2D eigenvalue weighted by Crippen LogP contribution is 2.40. The summed E-state index contributed by atoms with van der Waals surface area (Å²) in [5.41, 5.74) is 17.4. The summed E-state index contributed by atoms with van der Waals surface area (Å²) in [6, 6.07) is 21.1. The van der Waals surface area contributed by atoms with Crippen LogP contribution in [0.2, 0.25) is 15.1 Å². The van der Waals surface area contributed by atoms with Gasteiger partial charge in [-0.1, -0.05) is 86.0 Å². The van der Waals surface area contributed by atoms with Crippen LogP contribution in [-0.2, 0) is 14.4 Å². The van der Waals surface area contributed by atoms with E-state index in [-0.39, 0.29) is 35.6 Å². The molecule has 0 saturated carbocycles. The molecule has 3 aromatic heterocycles. The standard InChI is InChI=1S/C16H18BrN5OS.C16H17Cl2N5OS.C16H18ClN5OS/c1-11(23)21-6-8-22(9-7-21)15-14(10-19-16(18)20-15)24-13-4-2-12(17)3-5-13;1-10(24)22-4-6-23(7-5-22)15-14(9-20-16(19)21-15)25-13-3-2-11(17)8-12(13)18;1-11(23)21-6-8-22(9-7-21)15-14(10-19-16(18)20-15)24-13-4-2-12(17)3-5-13/h2-5,10H,6-9H2,1H3,(H2,18,19,20);2-3,8-9H,4-7H2,1H3,(H2,19,20,21);2-5,10H,6-9H2,1H3,(H2,18,19,20). The van der Waals surface area contributed by atoms with Crippen molar-refractivity contribution in [1.82, 2.24) is 44.6 Å². The Morgan fingerprint density at radius 3 is 1.14 bits per heavy atom. The Kier molecular flexibility index (Phi) is 19.8. The summed E-state index contributed by atoms with van der Waals surface area (Å²) >= 11 is 26.3. The summed E-state index contributed by atoms with van der Waals surface area (Å²) in [5.74, 6) is 3.43. The molecule has 18 nitrogen and oxygen atoms in total. The molecule has 3 fully saturated rings. The molecule has 384 valence electrons. The van der Waals surface area contributed by atoms with Gasteiger partial charge in [0.1, 0.15) is 17.5 Å². The normalized spacial score (nSPS) is 14.7. The van der Waals surface area contributed by atoms with Crippen LogP contribution >= 0.6 is 86.0 Å². The van der Waals surface area contributed by atoms with E-state index in [1.54, 1.807) is 75.0 Å². The molecular weight excluding hydrogens is 1120 g/mol. The van der Waals surface area contributed by atoms with E-state index in [9.17, 15) is 14.4 Å². The van der Waals surface area contributed by atoms with Crippen LogP contribution in [0.4, 0.5) is 35.3 Å². The quantitative estimate of drug-likeness (QED) is 0.124. The third kappa shape index (κ3) is 15.8. The lowest BCUT2D eigenvalue weighted by Gasteiger charge is -2.35. The van der Waals surface area contributed by atoms with Crippen LogP contribution in [0.15, 0.2) is 119 Å². The maximum Gasteiger partial charge on any atom is 0.222 e. The van der Waals surface area contributed by atoms with Crippen LogP contribution in [0.3, 0.4) is 0 Å². The first-order valence-corrected chi connectivity index (χ1v) is 27.3. The van der Waals surface area contributed by atoms with Crippen molar-refractivity contribution in [1.29, 1.82) is 0 Å². The summed E-state index contributed by atoms with van der Waals surface area (Å²) in [7, 11) is 0. The van der Waals surface area contributed by atoms with Crippen molar-refractivity contribution in [3.63, 3.8) is 0 Å². The minimum absolute atomic E-state index is 0.0874. The Morgan fingerprint density at radius 1 is 0.466 bits per heavy atom. The van der Waals surface area contributed by atoms with Crippen LogP contribution in [0, 0.1) is 0 Å². The van der Waals surface area contributed by atoms with Gasteiger partial charge in [0.15, 0.2) is 0 Å². The number of carbonyl (C=O) groups excluding carboxylic acids is 3. The number of benzene rings is 3. The highest BCUT2D eigenvalue weighted by molar-refractivity contribution is 9.10. The van der Waals surface area contributed by atoms with Gasteiger partial charge in [-0.15, -0.1) is 0 Å². The summed E-state index contributed by atoms with van der Waals surface area (Å²) in [6.07, 6.45) is 5.21. The van der Waals surface area contributed by atoms with E-state index in [1.807, 2.05) is 69.3 Å². The molecule has 9 rings (SSSR count). The summed E-state index contributed by atoms with van der Waals surface area (Å²) in [5, 5.41) is 1.86. The first-order valence-electron chi connectivity index (χ1n) is 22.9. The number of rotatable bonds is 9. The third-order valence-corrected chi connectivity index (χ3v) is 16.1. The Labute approximate surface area is 460 Å². The van der Waals surface area contributed by atoms with Gasteiger partial charge in [0.2, 0.25) is 35.6 Å². The van der Waals surface area contributed by atoms with Gasteiger partial charge >= 0.3 is 0 Å². The topological polar surface area (TPSA) is 226 Å². The number of hydrogen-bond acceptors (Lipinski definition) is 18. The van der Waals surface area contributed by atoms with Gasteiger partial charge in [-0.05, 0) is 66.7 Å². The Balaban J connectivity index is 0.000000160. The largest absolute Gasteiger partial charge is 0.368 e.